The first kappa shape index (κ1) is 15.3. The van der Waals surface area contributed by atoms with Gasteiger partial charge in [0.05, 0.1) is 0 Å². The number of nitrogens with zero attached hydrogens (tertiary/aromatic N) is 1. The highest BCUT2D eigenvalue weighted by atomic mass is 14.9. The summed E-state index contributed by atoms with van der Waals surface area (Å²) in [6, 6.07) is 4.93. The fraction of sp³-hybridized carbons (Fsp3) is 0.550. The van der Waals surface area contributed by atoms with Crippen molar-refractivity contribution in [2.75, 3.05) is 0 Å². The van der Waals surface area contributed by atoms with E-state index in [4.69, 9.17) is 0 Å². The van der Waals surface area contributed by atoms with Crippen molar-refractivity contribution >= 4 is 0 Å². The van der Waals surface area contributed by atoms with Crippen molar-refractivity contribution in [3.8, 4) is 0 Å². The van der Waals surface area contributed by atoms with Crippen molar-refractivity contribution < 1.29 is 0 Å². The van der Waals surface area contributed by atoms with Crippen molar-refractivity contribution in [3.63, 3.8) is 0 Å². The fourth-order valence-corrected chi connectivity index (χ4v) is 3.79. The minimum atomic E-state index is 0.616. The molecule has 1 aromatic rings. The number of allylic oxidation sites excluding steroid dienone is 3. The van der Waals surface area contributed by atoms with Crippen molar-refractivity contribution in [3.05, 3.63) is 53.5 Å². The summed E-state index contributed by atoms with van der Waals surface area (Å²) in [5.74, 6) is 1.32. The van der Waals surface area contributed by atoms with E-state index in [-0.39, 0.29) is 0 Å². The van der Waals surface area contributed by atoms with Crippen LogP contribution in [-0.2, 0) is 0 Å². The zero-order valence-corrected chi connectivity index (χ0v) is 13.9. The Morgan fingerprint density at radius 1 is 1.09 bits per heavy atom. The fourth-order valence-electron chi connectivity index (χ4n) is 3.79. The average Bonchev–Trinajstić information content (AvgIpc) is 2.57. The summed E-state index contributed by atoms with van der Waals surface area (Å²) < 4.78 is 0. The van der Waals surface area contributed by atoms with Crippen LogP contribution in [0, 0.1) is 5.92 Å². The Labute approximate surface area is 134 Å². The number of aromatic nitrogens is 1. The van der Waals surface area contributed by atoms with E-state index >= 15 is 0 Å². The van der Waals surface area contributed by atoms with Gasteiger partial charge in [-0.3, -0.25) is 4.98 Å². The van der Waals surface area contributed by atoms with Gasteiger partial charge in [0.25, 0.3) is 0 Å². The summed E-state index contributed by atoms with van der Waals surface area (Å²) in [6.45, 7) is 4.60. The molecule has 1 saturated carbocycles. The third-order valence-corrected chi connectivity index (χ3v) is 5.06. The first-order valence-electron chi connectivity index (χ1n) is 8.81. The molecule has 0 spiro atoms. The van der Waals surface area contributed by atoms with Crippen LogP contribution in [-0.4, -0.2) is 11.0 Å². The molecule has 0 unspecified atom stereocenters. The van der Waals surface area contributed by atoms with Crippen molar-refractivity contribution in [1.29, 1.82) is 0 Å². The SMILES string of the molecule is CC(C)C1=CCCC=C1NC1CCC(c2cccnc2)CC1. The van der Waals surface area contributed by atoms with Gasteiger partial charge < -0.3 is 5.32 Å². The van der Waals surface area contributed by atoms with E-state index in [1.807, 2.05) is 12.4 Å². The maximum absolute atomic E-state index is 4.27. The maximum Gasteiger partial charge on any atom is 0.0333 e. The van der Waals surface area contributed by atoms with Gasteiger partial charge in [-0.05, 0) is 67.6 Å². The van der Waals surface area contributed by atoms with Crippen LogP contribution in [0.15, 0.2) is 47.9 Å². The monoisotopic (exact) mass is 296 g/mol. The molecule has 2 aliphatic carbocycles. The molecule has 118 valence electrons. The second-order valence-corrected chi connectivity index (χ2v) is 6.99. The molecule has 2 aliphatic rings. The molecular formula is C20H28N2. The van der Waals surface area contributed by atoms with Gasteiger partial charge in [-0.1, -0.05) is 32.1 Å². The number of hydrogen-bond acceptors (Lipinski definition) is 2. The Morgan fingerprint density at radius 3 is 2.55 bits per heavy atom. The predicted octanol–water partition coefficient (Wildman–Crippen LogP) is 4.96. The Hall–Kier alpha value is -1.57. The molecule has 2 heteroatoms. The molecule has 2 nitrogen and oxygen atoms in total. The molecule has 0 atom stereocenters. The zero-order chi connectivity index (χ0) is 15.4. The summed E-state index contributed by atoms with van der Waals surface area (Å²) in [5.41, 5.74) is 4.34. The molecule has 0 saturated heterocycles. The molecule has 1 N–H and O–H groups in total. The lowest BCUT2D eigenvalue weighted by molar-refractivity contribution is 0.359. The topological polar surface area (TPSA) is 24.9 Å². The van der Waals surface area contributed by atoms with Crippen LogP contribution in [0.25, 0.3) is 0 Å². The molecule has 1 heterocycles. The Morgan fingerprint density at radius 2 is 1.86 bits per heavy atom. The minimum Gasteiger partial charge on any atom is -0.382 e. The Kier molecular flexibility index (Phi) is 4.97. The normalized spacial score (nSPS) is 25.6. The third kappa shape index (κ3) is 3.60. The van der Waals surface area contributed by atoms with Gasteiger partial charge in [-0.15, -0.1) is 0 Å². The Balaban J connectivity index is 1.56. The molecule has 1 aromatic heterocycles. The number of hydrogen-bond donors (Lipinski definition) is 1. The average molecular weight is 296 g/mol. The molecule has 22 heavy (non-hydrogen) atoms. The van der Waals surface area contributed by atoms with Crippen LogP contribution in [0.3, 0.4) is 0 Å². The zero-order valence-electron chi connectivity index (χ0n) is 13.9. The van der Waals surface area contributed by atoms with Crippen LogP contribution in [0.4, 0.5) is 0 Å². The highest BCUT2D eigenvalue weighted by Gasteiger charge is 2.24. The van der Waals surface area contributed by atoms with Gasteiger partial charge in [0, 0.05) is 24.1 Å². The lowest BCUT2D eigenvalue weighted by atomic mass is 9.82. The van der Waals surface area contributed by atoms with E-state index in [1.165, 1.54) is 55.4 Å². The van der Waals surface area contributed by atoms with E-state index in [2.05, 4.69) is 48.4 Å². The van der Waals surface area contributed by atoms with Gasteiger partial charge in [0.1, 0.15) is 0 Å². The molecule has 0 aromatic carbocycles. The van der Waals surface area contributed by atoms with Gasteiger partial charge in [0.2, 0.25) is 0 Å². The molecule has 0 amide bonds. The van der Waals surface area contributed by atoms with E-state index in [1.54, 1.807) is 0 Å². The largest absolute Gasteiger partial charge is 0.382 e. The van der Waals surface area contributed by atoms with Gasteiger partial charge in [0.15, 0.2) is 0 Å². The highest BCUT2D eigenvalue weighted by Crippen LogP contribution is 2.33. The lowest BCUT2D eigenvalue weighted by Crippen LogP contribution is -2.33. The molecule has 0 radical (unpaired) electrons. The summed E-state index contributed by atoms with van der Waals surface area (Å²) >= 11 is 0. The second-order valence-electron chi connectivity index (χ2n) is 6.99. The maximum atomic E-state index is 4.27. The Bertz CT molecular complexity index is 534. The molecule has 1 fully saturated rings. The van der Waals surface area contributed by atoms with Crippen molar-refractivity contribution in [2.24, 2.45) is 5.92 Å². The first-order chi connectivity index (χ1) is 10.7. The second kappa shape index (κ2) is 7.13. The number of nitrogens with one attached hydrogen (secondary N) is 1. The highest BCUT2D eigenvalue weighted by molar-refractivity contribution is 5.34. The smallest absolute Gasteiger partial charge is 0.0333 e. The van der Waals surface area contributed by atoms with E-state index in [0.29, 0.717) is 17.9 Å². The first-order valence-corrected chi connectivity index (χ1v) is 8.81. The molecule has 0 aliphatic heterocycles. The lowest BCUT2D eigenvalue weighted by Gasteiger charge is -2.32. The van der Waals surface area contributed by atoms with Gasteiger partial charge in [-0.25, -0.2) is 0 Å². The quantitative estimate of drug-likeness (QED) is 0.849. The summed E-state index contributed by atoms with van der Waals surface area (Å²) in [6.07, 6.45) is 16.2. The van der Waals surface area contributed by atoms with Crippen LogP contribution >= 0.6 is 0 Å². The van der Waals surface area contributed by atoms with E-state index in [9.17, 15) is 0 Å². The molecule has 0 bridgehead atoms. The predicted molar refractivity (Wildman–Crippen MR) is 92.6 cm³/mol. The van der Waals surface area contributed by atoms with Gasteiger partial charge >= 0.3 is 0 Å². The standard InChI is InChI=1S/C20H28N2/c1-15(2)19-7-3-4-8-20(19)22-18-11-9-16(10-12-18)17-6-5-13-21-14-17/h5-8,13-16,18,22H,3-4,9-12H2,1-2H3. The third-order valence-electron chi connectivity index (χ3n) is 5.06. The number of pyridine rings is 1. The molecular weight excluding hydrogens is 268 g/mol. The van der Waals surface area contributed by atoms with Crippen molar-refractivity contribution in [1.82, 2.24) is 10.3 Å². The molecule has 3 rings (SSSR count). The van der Waals surface area contributed by atoms with Crippen molar-refractivity contribution in [2.45, 2.75) is 64.3 Å². The summed E-state index contributed by atoms with van der Waals surface area (Å²) in [4.78, 5) is 4.27. The van der Waals surface area contributed by atoms with E-state index < -0.39 is 0 Å². The minimum absolute atomic E-state index is 0.616. The van der Waals surface area contributed by atoms with Crippen LogP contribution in [0.1, 0.15) is 63.9 Å². The number of rotatable bonds is 4. The summed E-state index contributed by atoms with van der Waals surface area (Å²) in [7, 11) is 0. The van der Waals surface area contributed by atoms with Crippen LogP contribution in [0.5, 0.6) is 0 Å². The van der Waals surface area contributed by atoms with Gasteiger partial charge in [-0.2, -0.15) is 0 Å². The van der Waals surface area contributed by atoms with Crippen LogP contribution in [0.2, 0.25) is 0 Å². The summed E-state index contributed by atoms with van der Waals surface area (Å²) in [5, 5.41) is 3.84. The van der Waals surface area contributed by atoms with Crippen LogP contribution < -0.4 is 5.32 Å². The van der Waals surface area contributed by atoms with E-state index in [0.717, 1.165) is 0 Å².